The second-order valence-electron chi connectivity index (χ2n) is 9.27. The lowest BCUT2D eigenvalue weighted by atomic mass is 9.87. The number of hydrogen-bond acceptors (Lipinski definition) is 4. The molecule has 2 aromatic carbocycles. The van der Waals surface area contributed by atoms with Crippen molar-refractivity contribution >= 4 is 11.8 Å². The highest BCUT2D eigenvalue weighted by Crippen LogP contribution is 2.22. The van der Waals surface area contributed by atoms with Crippen molar-refractivity contribution < 1.29 is 14.3 Å². The molecular formula is C26H35N3O3. The number of rotatable bonds is 8. The van der Waals surface area contributed by atoms with Gasteiger partial charge in [-0.15, -0.1) is 0 Å². The molecule has 32 heavy (non-hydrogen) atoms. The number of morpholine rings is 1. The summed E-state index contributed by atoms with van der Waals surface area (Å²) in [6.07, 6.45) is 0.923. The van der Waals surface area contributed by atoms with Gasteiger partial charge in [0.25, 0.3) is 11.8 Å². The Kier molecular flexibility index (Phi) is 8.42. The first kappa shape index (κ1) is 24.0. The van der Waals surface area contributed by atoms with E-state index in [9.17, 15) is 9.59 Å². The maximum atomic E-state index is 12.4. The van der Waals surface area contributed by atoms with Crippen molar-refractivity contribution in [2.45, 2.75) is 39.2 Å². The van der Waals surface area contributed by atoms with Crippen molar-refractivity contribution in [1.29, 1.82) is 0 Å². The molecule has 1 heterocycles. The Labute approximate surface area is 191 Å². The van der Waals surface area contributed by atoms with E-state index < -0.39 is 0 Å². The van der Waals surface area contributed by atoms with Crippen molar-refractivity contribution in [2.24, 2.45) is 0 Å². The number of benzene rings is 2. The first-order valence-corrected chi connectivity index (χ1v) is 11.4. The van der Waals surface area contributed by atoms with Crippen LogP contribution in [-0.2, 0) is 16.7 Å². The summed E-state index contributed by atoms with van der Waals surface area (Å²) in [6.45, 7) is 12.0. The van der Waals surface area contributed by atoms with Gasteiger partial charge in [0.15, 0.2) is 0 Å². The van der Waals surface area contributed by atoms with E-state index in [0.29, 0.717) is 24.2 Å². The molecule has 6 nitrogen and oxygen atoms in total. The minimum Gasteiger partial charge on any atom is -0.379 e. The highest BCUT2D eigenvalue weighted by atomic mass is 16.5. The van der Waals surface area contributed by atoms with Crippen molar-refractivity contribution in [3.05, 3.63) is 70.8 Å². The average Bonchev–Trinajstić information content (AvgIpc) is 2.80. The van der Waals surface area contributed by atoms with Crippen molar-refractivity contribution in [2.75, 3.05) is 39.4 Å². The Morgan fingerprint density at radius 3 is 2.03 bits per heavy atom. The van der Waals surface area contributed by atoms with Gasteiger partial charge in [0.2, 0.25) is 0 Å². The number of carbonyl (C=O) groups is 2. The molecule has 1 aliphatic rings. The van der Waals surface area contributed by atoms with Crippen LogP contribution in [-0.4, -0.2) is 56.1 Å². The highest BCUT2D eigenvalue weighted by Gasteiger charge is 2.14. The molecule has 0 unspecified atom stereocenters. The topological polar surface area (TPSA) is 70.7 Å². The summed E-state index contributed by atoms with van der Waals surface area (Å²) in [6, 6.07) is 15.1. The lowest BCUT2D eigenvalue weighted by Crippen LogP contribution is -2.38. The Morgan fingerprint density at radius 1 is 0.875 bits per heavy atom. The van der Waals surface area contributed by atoms with Crippen LogP contribution in [0.5, 0.6) is 0 Å². The normalized spacial score (nSPS) is 14.7. The van der Waals surface area contributed by atoms with Crippen LogP contribution in [0.4, 0.5) is 0 Å². The van der Waals surface area contributed by atoms with Gasteiger partial charge in [-0.2, -0.15) is 0 Å². The van der Waals surface area contributed by atoms with Gasteiger partial charge < -0.3 is 15.4 Å². The Balaban J connectivity index is 1.40. The molecule has 0 aromatic heterocycles. The fourth-order valence-electron chi connectivity index (χ4n) is 3.61. The van der Waals surface area contributed by atoms with Crippen LogP contribution in [0.1, 0.15) is 59.0 Å². The summed E-state index contributed by atoms with van der Waals surface area (Å²) in [4.78, 5) is 27.1. The molecule has 0 atom stereocenters. The minimum atomic E-state index is -0.104. The van der Waals surface area contributed by atoms with Gasteiger partial charge >= 0.3 is 0 Å². The van der Waals surface area contributed by atoms with Crippen molar-refractivity contribution in [3.63, 3.8) is 0 Å². The monoisotopic (exact) mass is 437 g/mol. The van der Waals surface area contributed by atoms with E-state index in [0.717, 1.165) is 44.8 Å². The SMILES string of the molecule is CC(C)(C)c1ccc(C(=O)NCc2ccc(C(=O)NCCCN3CCOCC3)cc2)cc1. The molecule has 0 spiro atoms. The van der Waals surface area contributed by atoms with Crippen molar-refractivity contribution in [3.8, 4) is 0 Å². The Bertz CT molecular complexity index is 880. The number of amides is 2. The summed E-state index contributed by atoms with van der Waals surface area (Å²) in [5.41, 5.74) is 3.49. The third kappa shape index (κ3) is 7.18. The summed E-state index contributed by atoms with van der Waals surface area (Å²) in [5.74, 6) is -0.172. The molecule has 1 aliphatic heterocycles. The summed E-state index contributed by atoms with van der Waals surface area (Å²) < 4.78 is 5.35. The number of hydrogen-bond donors (Lipinski definition) is 2. The van der Waals surface area contributed by atoms with Gasteiger partial charge in [-0.3, -0.25) is 14.5 Å². The molecule has 172 valence electrons. The second-order valence-corrected chi connectivity index (χ2v) is 9.27. The van der Waals surface area contributed by atoms with E-state index in [1.54, 1.807) is 12.1 Å². The van der Waals surface area contributed by atoms with Gasteiger partial charge in [0, 0.05) is 37.3 Å². The second kappa shape index (κ2) is 11.2. The molecule has 0 saturated carbocycles. The van der Waals surface area contributed by atoms with Crippen molar-refractivity contribution in [1.82, 2.24) is 15.5 Å². The molecule has 0 aliphatic carbocycles. The lowest BCUT2D eigenvalue weighted by Gasteiger charge is -2.26. The van der Waals surface area contributed by atoms with E-state index >= 15 is 0 Å². The predicted molar refractivity (Wildman–Crippen MR) is 127 cm³/mol. The molecule has 6 heteroatoms. The molecule has 1 saturated heterocycles. The molecule has 2 amide bonds. The lowest BCUT2D eigenvalue weighted by molar-refractivity contribution is 0.0374. The molecule has 2 aromatic rings. The fourth-order valence-corrected chi connectivity index (χ4v) is 3.61. The molecular weight excluding hydrogens is 402 g/mol. The fraction of sp³-hybridized carbons (Fsp3) is 0.462. The maximum absolute atomic E-state index is 12.4. The molecule has 3 rings (SSSR count). The smallest absolute Gasteiger partial charge is 0.251 e. The molecule has 1 fully saturated rings. The standard InChI is InChI=1S/C26H35N3O3/c1-26(2,3)23-11-9-22(10-12-23)25(31)28-19-20-5-7-21(8-6-20)24(30)27-13-4-14-29-15-17-32-18-16-29/h5-12H,4,13-19H2,1-3H3,(H,27,30)(H,28,31). The van der Waals surface area contributed by atoms with Gasteiger partial charge in [-0.05, 0) is 53.8 Å². The first-order valence-electron chi connectivity index (χ1n) is 11.4. The first-order chi connectivity index (χ1) is 15.3. The quantitative estimate of drug-likeness (QED) is 0.622. The molecule has 0 radical (unpaired) electrons. The van der Waals surface area contributed by atoms with E-state index in [1.807, 2.05) is 36.4 Å². The van der Waals surface area contributed by atoms with E-state index in [4.69, 9.17) is 4.74 Å². The number of ether oxygens (including phenoxy) is 1. The summed E-state index contributed by atoms with van der Waals surface area (Å²) in [5, 5.41) is 5.92. The Hall–Kier alpha value is -2.70. The summed E-state index contributed by atoms with van der Waals surface area (Å²) >= 11 is 0. The van der Waals surface area contributed by atoms with Crippen LogP contribution in [0, 0.1) is 0 Å². The molecule has 2 N–H and O–H groups in total. The van der Waals surface area contributed by atoms with E-state index in [1.165, 1.54) is 5.56 Å². The third-order valence-electron chi connectivity index (χ3n) is 5.72. The predicted octanol–water partition coefficient (Wildman–Crippen LogP) is 3.37. The van der Waals surface area contributed by atoms with Crippen LogP contribution in [0.3, 0.4) is 0 Å². The van der Waals surface area contributed by atoms with Gasteiger partial charge in [-0.1, -0.05) is 45.0 Å². The van der Waals surface area contributed by atoms with Crippen LogP contribution < -0.4 is 10.6 Å². The summed E-state index contributed by atoms with van der Waals surface area (Å²) in [7, 11) is 0. The Morgan fingerprint density at radius 2 is 1.44 bits per heavy atom. The van der Waals surface area contributed by atoms with Gasteiger partial charge in [-0.25, -0.2) is 0 Å². The zero-order valence-corrected chi connectivity index (χ0v) is 19.4. The number of carbonyl (C=O) groups excluding carboxylic acids is 2. The third-order valence-corrected chi connectivity index (χ3v) is 5.72. The van der Waals surface area contributed by atoms with Gasteiger partial charge in [0.1, 0.15) is 0 Å². The maximum Gasteiger partial charge on any atom is 0.251 e. The van der Waals surface area contributed by atoms with Crippen LogP contribution in [0.25, 0.3) is 0 Å². The minimum absolute atomic E-state index is 0.0613. The van der Waals surface area contributed by atoms with E-state index in [-0.39, 0.29) is 17.2 Å². The van der Waals surface area contributed by atoms with Crippen LogP contribution in [0.2, 0.25) is 0 Å². The average molecular weight is 438 g/mol. The van der Waals surface area contributed by atoms with E-state index in [2.05, 4.69) is 36.3 Å². The highest BCUT2D eigenvalue weighted by molar-refractivity contribution is 5.95. The largest absolute Gasteiger partial charge is 0.379 e. The molecule has 0 bridgehead atoms. The van der Waals surface area contributed by atoms with Crippen LogP contribution in [0.15, 0.2) is 48.5 Å². The number of nitrogens with zero attached hydrogens (tertiary/aromatic N) is 1. The number of nitrogens with one attached hydrogen (secondary N) is 2. The van der Waals surface area contributed by atoms with Gasteiger partial charge in [0.05, 0.1) is 13.2 Å². The zero-order chi connectivity index (χ0) is 23.0. The zero-order valence-electron chi connectivity index (χ0n) is 19.4. The van der Waals surface area contributed by atoms with Crippen LogP contribution >= 0.6 is 0 Å².